The van der Waals surface area contributed by atoms with Crippen molar-refractivity contribution in [2.24, 2.45) is 0 Å². The fraction of sp³-hybridized carbons (Fsp3) is 0.0769. The van der Waals surface area contributed by atoms with Gasteiger partial charge >= 0.3 is 0 Å². The molecule has 1 aromatic carbocycles. The zero-order valence-electron chi connectivity index (χ0n) is 9.21. The maximum atomic E-state index is 9.42. The molecule has 0 spiro atoms. The molecular formula is C13H10N2O2. The van der Waals surface area contributed by atoms with Crippen LogP contribution in [-0.2, 0) is 0 Å². The molecule has 0 fully saturated rings. The lowest BCUT2D eigenvalue weighted by atomic mass is 10.2. The van der Waals surface area contributed by atoms with Gasteiger partial charge in [0.25, 0.3) is 0 Å². The molecule has 0 bridgehead atoms. The second kappa shape index (κ2) is 4.54. The first-order valence-corrected chi connectivity index (χ1v) is 5.02. The Morgan fingerprint density at radius 1 is 1.29 bits per heavy atom. The lowest BCUT2D eigenvalue weighted by Crippen LogP contribution is -1.89. The minimum atomic E-state index is 0.136. The molecule has 0 aliphatic heterocycles. The zero-order chi connectivity index (χ0) is 12.3. The van der Waals surface area contributed by atoms with Crippen molar-refractivity contribution in [2.75, 3.05) is 0 Å². The predicted octanol–water partition coefficient (Wildman–Crippen LogP) is 2.76. The lowest BCUT2D eigenvalue weighted by molar-refractivity contribution is 0.445. The topological polar surface area (TPSA) is 66.1 Å². The van der Waals surface area contributed by atoms with E-state index in [-0.39, 0.29) is 5.75 Å². The Labute approximate surface area is 98.7 Å². The third kappa shape index (κ3) is 2.73. The smallest absolute Gasteiger partial charge is 0.220 e. The van der Waals surface area contributed by atoms with Crippen LogP contribution in [0.1, 0.15) is 11.1 Å². The van der Waals surface area contributed by atoms with Crippen molar-refractivity contribution < 1.29 is 9.84 Å². The van der Waals surface area contributed by atoms with E-state index >= 15 is 0 Å². The number of benzene rings is 1. The number of phenols is 1. The van der Waals surface area contributed by atoms with E-state index in [4.69, 9.17) is 10.00 Å². The number of nitrogens with zero attached hydrogens (tertiary/aromatic N) is 2. The number of aromatic nitrogens is 1. The van der Waals surface area contributed by atoms with Gasteiger partial charge in [0.05, 0.1) is 11.6 Å². The summed E-state index contributed by atoms with van der Waals surface area (Å²) in [6.45, 7) is 1.85. The minimum Gasteiger partial charge on any atom is -0.508 e. The Kier molecular flexibility index (Phi) is 2.93. The molecule has 4 heteroatoms. The van der Waals surface area contributed by atoms with Crippen molar-refractivity contribution in [3.63, 3.8) is 0 Å². The van der Waals surface area contributed by atoms with E-state index in [0.717, 1.165) is 5.56 Å². The quantitative estimate of drug-likeness (QED) is 0.855. The van der Waals surface area contributed by atoms with Gasteiger partial charge < -0.3 is 9.84 Å². The molecule has 2 aromatic rings. The number of ether oxygens (including phenoxy) is 1. The van der Waals surface area contributed by atoms with Crippen LogP contribution >= 0.6 is 0 Å². The molecular weight excluding hydrogens is 216 g/mol. The van der Waals surface area contributed by atoms with Crippen LogP contribution < -0.4 is 4.74 Å². The molecule has 1 N–H and O–H groups in total. The number of rotatable bonds is 2. The number of hydrogen-bond donors (Lipinski definition) is 1. The summed E-state index contributed by atoms with van der Waals surface area (Å²) in [5.41, 5.74) is 1.36. The molecule has 0 aliphatic carbocycles. The molecule has 17 heavy (non-hydrogen) atoms. The monoisotopic (exact) mass is 226 g/mol. The average Bonchev–Trinajstić information content (AvgIpc) is 2.28. The van der Waals surface area contributed by atoms with Gasteiger partial charge in [-0.15, -0.1) is 0 Å². The highest BCUT2D eigenvalue weighted by molar-refractivity contribution is 5.39. The number of pyridine rings is 1. The van der Waals surface area contributed by atoms with E-state index in [2.05, 4.69) is 4.98 Å². The summed E-state index contributed by atoms with van der Waals surface area (Å²) in [5.74, 6) is 0.954. The summed E-state index contributed by atoms with van der Waals surface area (Å²) in [7, 11) is 0. The van der Waals surface area contributed by atoms with E-state index in [1.54, 1.807) is 24.3 Å². The maximum absolute atomic E-state index is 9.42. The van der Waals surface area contributed by atoms with Crippen LogP contribution in [0.2, 0.25) is 0 Å². The summed E-state index contributed by atoms with van der Waals surface area (Å²) in [6.07, 6.45) is 1.50. The van der Waals surface area contributed by atoms with Crippen molar-refractivity contribution >= 4 is 0 Å². The third-order valence-electron chi connectivity index (χ3n) is 2.12. The molecule has 0 amide bonds. The fourth-order valence-corrected chi connectivity index (χ4v) is 1.44. The van der Waals surface area contributed by atoms with Gasteiger partial charge in [0.1, 0.15) is 11.5 Å². The molecule has 4 nitrogen and oxygen atoms in total. The van der Waals surface area contributed by atoms with E-state index < -0.39 is 0 Å². The van der Waals surface area contributed by atoms with Gasteiger partial charge in [-0.25, -0.2) is 4.98 Å². The largest absolute Gasteiger partial charge is 0.508 e. The van der Waals surface area contributed by atoms with Crippen molar-refractivity contribution in [3.8, 4) is 23.4 Å². The Bertz CT molecular complexity index is 568. The lowest BCUT2D eigenvalue weighted by Gasteiger charge is -2.06. The van der Waals surface area contributed by atoms with Crippen LogP contribution in [0.15, 0.2) is 36.5 Å². The third-order valence-corrected chi connectivity index (χ3v) is 2.12. The first-order valence-electron chi connectivity index (χ1n) is 5.02. The van der Waals surface area contributed by atoms with Crippen LogP contribution in [-0.4, -0.2) is 10.1 Å². The SMILES string of the molecule is Cc1cc(O)cc(Oc2cc(C#N)ccn2)c1. The number of hydrogen-bond acceptors (Lipinski definition) is 4. The van der Waals surface area contributed by atoms with Gasteiger partial charge in [-0.2, -0.15) is 5.26 Å². The first-order chi connectivity index (χ1) is 8.17. The summed E-state index contributed by atoms with van der Waals surface area (Å²) in [6, 6.07) is 10.0. The van der Waals surface area contributed by atoms with Crippen molar-refractivity contribution in [3.05, 3.63) is 47.7 Å². The Hall–Kier alpha value is -2.54. The molecule has 2 rings (SSSR count). The van der Waals surface area contributed by atoms with Gasteiger partial charge in [-0.05, 0) is 30.7 Å². The maximum Gasteiger partial charge on any atom is 0.220 e. The van der Waals surface area contributed by atoms with E-state index in [0.29, 0.717) is 17.2 Å². The summed E-state index contributed by atoms with van der Waals surface area (Å²) in [5, 5.41) is 18.2. The second-order valence-corrected chi connectivity index (χ2v) is 3.60. The molecule has 0 unspecified atom stereocenters. The van der Waals surface area contributed by atoms with Crippen LogP contribution in [0.25, 0.3) is 0 Å². The van der Waals surface area contributed by atoms with Crippen LogP contribution in [0, 0.1) is 18.3 Å². The molecule has 0 atom stereocenters. The predicted molar refractivity (Wildman–Crippen MR) is 61.9 cm³/mol. The van der Waals surface area contributed by atoms with Gasteiger partial charge in [0, 0.05) is 18.3 Å². The summed E-state index contributed by atoms with van der Waals surface area (Å²) >= 11 is 0. The number of aromatic hydroxyl groups is 1. The van der Waals surface area contributed by atoms with Gasteiger partial charge in [-0.3, -0.25) is 0 Å². The normalized spacial score (nSPS) is 9.65. The van der Waals surface area contributed by atoms with E-state index in [9.17, 15) is 5.11 Å². The van der Waals surface area contributed by atoms with Crippen molar-refractivity contribution in [1.29, 1.82) is 5.26 Å². The Morgan fingerprint density at radius 2 is 2.12 bits per heavy atom. The van der Waals surface area contributed by atoms with Gasteiger partial charge in [0.15, 0.2) is 0 Å². The molecule has 1 aromatic heterocycles. The highest BCUT2D eigenvalue weighted by Gasteiger charge is 2.02. The molecule has 0 aliphatic rings. The van der Waals surface area contributed by atoms with Gasteiger partial charge in [0.2, 0.25) is 5.88 Å². The van der Waals surface area contributed by atoms with Crippen molar-refractivity contribution in [2.45, 2.75) is 6.92 Å². The number of nitriles is 1. The highest BCUT2D eigenvalue weighted by Crippen LogP contribution is 2.25. The number of phenolic OH excluding ortho intramolecular Hbond substituents is 1. The summed E-state index contributed by atoms with van der Waals surface area (Å²) in [4.78, 5) is 3.99. The number of aryl methyl sites for hydroxylation is 1. The molecule has 0 saturated carbocycles. The highest BCUT2D eigenvalue weighted by atomic mass is 16.5. The molecule has 0 radical (unpaired) electrons. The van der Waals surface area contributed by atoms with Crippen LogP contribution in [0.3, 0.4) is 0 Å². The van der Waals surface area contributed by atoms with Crippen LogP contribution in [0.4, 0.5) is 0 Å². The fourth-order valence-electron chi connectivity index (χ4n) is 1.44. The first kappa shape index (κ1) is 11.0. The van der Waals surface area contributed by atoms with Crippen molar-refractivity contribution in [1.82, 2.24) is 4.98 Å². The molecule has 0 saturated heterocycles. The standard InChI is InChI=1S/C13H10N2O2/c1-9-4-11(16)7-12(5-9)17-13-6-10(8-14)2-3-15-13/h2-7,16H,1H3. The molecule has 84 valence electrons. The molecule has 1 heterocycles. The van der Waals surface area contributed by atoms with E-state index in [1.165, 1.54) is 12.3 Å². The minimum absolute atomic E-state index is 0.136. The van der Waals surface area contributed by atoms with Crippen LogP contribution in [0.5, 0.6) is 17.4 Å². The Morgan fingerprint density at radius 3 is 2.82 bits per heavy atom. The summed E-state index contributed by atoms with van der Waals surface area (Å²) < 4.78 is 5.46. The average molecular weight is 226 g/mol. The second-order valence-electron chi connectivity index (χ2n) is 3.60. The Balaban J connectivity index is 2.28. The zero-order valence-corrected chi connectivity index (χ0v) is 9.21. The van der Waals surface area contributed by atoms with E-state index in [1.807, 2.05) is 13.0 Å². The van der Waals surface area contributed by atoms with Gasteiger partial charge in [-0.1, -0.05) is 0 Å².